The molecule has 0 unspecified atom stereocenters. The second-order valence-corrected chi connectivity index (χ2v) is 7.22. The number of fused-ring (bicyclic) bond motifs is 1. The quantitative estimate of drug-likeness (QED) is 0.356. The van der Waals surface area contributed by atoms with Gasteiger partial charge in [-0.1, -0.05) is 54.6 Å². The van der Waals surface area contributed by atoms with Crippen molar-refractivity contribution in [3.63, 3.8) is 0 Å². The Morgan fingerprint density at radius 3 is 2.50 bits per heavy atom. The average molecular weight is 390 g/mol. The van der Waals surface area contributed by atoms with Crippen molar-refractivity contribution < 1.29 is 14.5 Å². The number of para-hydroxylation sites is 1. The standard InChI is InChI=1S/C21H14N2O4S/c24-20-19(12-15-7-2-4-11-18(15)23(26)27)28-21(25)22(20)13-16-9-5-8-14-6-1-3-10-17(14)16/h1-12H,13H2/b19-12+. The van der Waals surface area contributed by atoms with Crippen LogP contribution < -0.4 is 0 Å². The van der Waals surface area contributed by atoms with Gasteiger partial charge >= 0.3 is 0 Å². The van der Waals surface area contributed by atoms with Gasteiger partial charge in [-0.05, 0) is 40.2 Å². The topological polar surface area (TPSA) is 80.5 Å². The van der Waals surface area contributed by atoms with Crippen molar-refractivity contribution in [2.75, 3.05) is 0 Å². The first kappa shape index (κ1) is 17.9. The molecule has 2 amide bonds. The zero-order valence-electron chi connectivity index (χ0n) is 14.6. The van der Waals surface area contributed by atoms with Crippen LogP contribution in [0.2, 0.25) is 0 Å². The van der Waals surface area contributed by atoms with Crippen molar-refractivity contribution >= 4 is 45.4 Å². The number of amides is 2. The van der Waals surface area contributed by atoms with Gasteiger partial charge in [-0.25, -0.2) is 0 Å². The highest BCUT2D eigenvalue weighted by atomic mass is 32.2. The van der Waals surface area contributed by atoms with Crippen LogP contribution in [0.1, 0.15) is 11.1 Å². The molecule has 0 atom stereocenters. The molecule has 0 radical (unpaired) electrons. The summed E-state index contributed by atoms with van der Waals surface area (Å²) in [6.07, 6.45) is 1.41. The number of imide groups is 1. The SMILES string of the molecule is O=C1S/C(=C/c2ccccc2[N+](=O)[O-])C(=O)N1Cc1cccc2ccccc12. The largest absolute Gasteiger partial charge is 0.293 e. The van der Waals surface area contributed by atoms with Crippen LogP contribution in [0.15, 0.2) is 71.6 Å². The smallest absolute Gasteiger partial charge is 0.268 e. The van der Waals surface area contributed by atoms with Crippen LogP contribution in [-0.2, 0) is 11.3 Å². The van der Waals surface area contributed by atoms with Gasteiger partial charge in [0.1, 0.15) is 0 Å². The molecule has 1 aliphatic heterocycles. The second kappa shape index (κ2) is 7.28. The Morgan fingerprint density at radius 1 is 0.964 bits per heavy atom. The normalized spacial score (nSPS) is 15.6. The van der Waals surface area contributed by atoms with Gasteiger partial charge in [-0.3, -0.25) is 24.6 Å². The monoisotopic (exact) mass is 390 g/mol. The van der Waals surface area contributed by atoms with Crippen molar-refractivity contribution in [3.8, 4) is 0 Å². The van der Waals surface area contributed by atoms with Crippen molar-refractivity contribution in [1.29, 1.82) is 0 Å². The number of thioether (sulfide) groups is 1. The van der Waals surface area contributed by atoms with E-state index in [2.05, 4.69) is 0 Å². The molecule has 4 rings (SSSR count). The van der Waals surface area contributed by atoms with E-state index in [9.17, 15) is 19.7 Å². The lowest BCUT2D eigenvalue weighted by atomic mass is 10.0. The first-order valence-corrected chi connectivity index (χ1v) is 9.31. The maximum atomic E-state index is 12.8. The van der Waals surface area contributed by atoms with Crippen LogP contribution in [-0.4, -0.2) is 21.0 Å². The molecule has 6 nitrogen and oxygen atoms in total. The molecule has 0 bridgehead atoms. The summed E-state index contributed by atoms with van der Waals surface area (Å²) in [6.45, 7) is 0.153. The van der Waals surface area contributed by atoms with Crippen LogP contribution in [0.25, 0.3) is 16.8 Å². The van der Waals surface area contributed by atoms with Crippen LogP contribution in [0.4, 0.5) is 10.5 Å². The Hall–Kier alpha value is -3.45. The number of benzene rings is 3. The predicted molar refractivity (Wildman–Crippen MR) is 109 cm³/mol. The summed E-state index contributed by atoms with van der Waals surface area (Å²) in [7, 11) is 0. The van der Waals surface area contributed by atoms with E-state index < -0.39 is 10.8 Å². The summed E-state index contributed by atoms with van der Waals surface area (Å²) in [5.41, 5.74) is 1.05. The fraction of sp³-hybridized carbons (Fsp3) is 0.0476. The van der Waals surface area contributed by atoms with Gasteiger partial charge in [0.25, 0.3) is 16.8 Å². The van der Waals surface area contributed by atoms with E-state index in [1.807, 2.05) is 42.5 Å². The first-order valence-electron chi connectivity index (χ1n) is 8.50. The molecular formula is C21H14N2O4S. The van der Waals surface area contributed by atoms with Crippen molar-refractivity contribution in [2.45, 2.75) is 6.54 Å². The van der Waals surface area contributed by atoms with Gasteiger partial charge in [0.05, 0.1) is 21.9 Å². The summed E-state index contributed by atoms with van der Waals surface area (Å²) in [5.74, 6) is -0.443. The predicted octanol–water partition coefficient (Wildman–Crippen LogP) is 4.98. The maximum Gasteiger partial charge on any atom is 0.293 e. The van der Waals surface area contributed by atoms with Crippen LogP contribution in [0.3, 0.4) is 0 Å². The maximum absolute atomic E-state index is 12.8. The van der Waals surface area contributed by atoms with Crippen LogP contribution >= 0.6 is 11.8 Å². The molecule has 28 heavy (non-hydrogen) atoms. The molecule has 0 aliphatic carbocycles. The summed E-state index contributed by atoms with van der Waals surface area (Å²) in [6, 6.07) is 19.6. The van der Waals surface area contributed by atoms with Gasteiger partial charge in [0.15, 0.2) is 0 Å². The van der Waals surface area contributed by atoms with E-state index in [1.54, 1.807) is 18.2 Å². The minimum absolute atomic E-state index is 0.108. The Balaban J connectivity index is 1.66. The highest BCUT2D eigenvalue weighted by Gasteiger charge is 2.35. The van der Waals surface area contributed by atoms with E-state index >= 15 is 0 Å². The van der Waals surface area contributed by atoms with Gasteiger partial charge in [0, 0.05) is 6.07 Å². The third kappa shape index (κ3) is 3.27. The third-order valence-electron chi connectivity index (χ3n) is 4.50. The molecule has 3 aromatic carbocycles. The lowest BCUT2D eigenvalue weighted by Gasteiger charge is -2.14. The summed E-state index contributed by atoms with van der Waals surface area (Å²) < 4.78 is 0. The molecule has 1 heterocycles. The third-order valence-corrected chi connectivity index (χ3v) is 5.41. The molecule has 1 fully saturated rings. The Labute approximate surface area is 164 Å². The molecule has 1 saturated heterocycles. The molecule has 0 spiro atoms. The van der Waals surface area contributed by atoms with Crippen molar-refractivity contribution in [1.82, 2.24) is 4.90 Å². The minimum atomic E-state index is -0.508. The molecular weight excluding hydrogens is 376 g/mol. The van der Waals surface area contributed by atoms with Crippen molar-refractivity contribution in [3.05, 3.63) is 92.9 Å². The van der Waals surface area contributed by atoms with E-state index in [0.29, 0.717) is 5.56 Å². The summed E-state index contributed by atoms with van der Waals surface area (Å²) >= 11 is 0.798. The molecule has 0 saturated carbocycles. The molecule has 138 valence electrons. The van der Waals surface area contributed by atoms with Gasteiger partial charge < -0.3 is 0 Å². The number of hydrogen-bond acceptors (Lipinski definition) is 5. The van der Waals surface area contributed by atoms with Gasteiger partial charge in [-0.2, -0.15) is 0 Å². The zero-order valence-corrected chi connectivity index (χ0v) is 15.4. The molecule has 7 heteroatoms. The molecule has 1 aliphatic rings. The van der Waals surface area contributed by atoms with E-state index in [4.69, 9.17) is 0 Å². The number of nitrogens with zero attached hydrogens (tertiary/aromatic N) is 2. The highest BCUT2D eigenvalue weighted by molar-refractivity contribution is 8.18. The fourth-order valence-corrected chi connectivity index (χ4v) is 3.98. The van der Waals surface area contributed by atoms with E-state index in [1.165, 1.54) is 17.0 Å². The number of hydrogen-bond donors (Lipinski definition) is 0. The van der Waals surface area contributed by atoms with Gasteiger partial charge in [0.2, 0.25) is 0 Å². The lowest BCUT2D eigenvalue weighted by molar-refractivity contribution is -0.385. The Kier molecular flexibility index (Phi) is 4.67. The lowest BCUT2D eigenvalue weighted by Crippen LogP contribution is -2.27. The number of nitro benzene ring substituents is 1. The highest BCUT2D eigenvalue weighted by Crippen LogP contribution is 2.35. The Morgan fingerprint density at radius 2 is 1.68 bits per heavy atom. The average Bonchev–Trinajstić information content (AvgIpc) is 2.96. The second-order valence-electron chi connectivity index (χ2n) is 6.22. The summed E-state index contributed by atoms with van der Waals surface area (Å²) in [5, 5.41) is 12.8. The number of nitro groups is 1. The number of rotatable bonds is 4. The number of carbonyl (C=O) groups excluding carboxylic acids is 2. The van der Waals surface area contributed by atoms with E-state index in [-0.39, 0.29) is 22.4 Å². The summed E-state index contributed by atoms with van der Waals surface area (Å²) in [4.78, 5) is 37.3. The van der Waals surface area contributed by atoms with Crippen molar-refractivity contribution in [2.24, 2.45) is 0 Å². The minimum Gasteiger partial charge on any atom is -0.268 e. The van der Waals surface area contributed by atoms with Crippen LogP contribution in [0.5, 0.6) is 0 Å². The molecule has 0 aromatic heterocycles. The number of carbonyl (C=O) groups is 2. The van der Waals surface area contributed by atoms with Crippen LogP contribution in [0, 0.1) is 10.1 Å². The molecule has 3 aromatic rings. The zero-order chi connectivity index (χ0) is 19.7. The van der Waals surface area contributed by atoms with Gasteiger partial charge in [-0.15, -0.1) is 0 Å². The van der Waals surface area contributed by atoms with E-state index in [0.717, 1.165) is 28.1 Å². The molecule has 0 N–H and O–H groups in total. The fourth-order valence-electron chi connectivity index (χ4n) is 3.15. The Bertz CT molecular complexity index is 1150. The first-order chi connectivity index (χ1) is 13.5.